The number of unbranched alkanes of at least 4 members (excludes halogenated alkanes) is 4. The van der Waals surface area contributed by atoms with Gasteiger partial charge < -0.3 is 33.3 Å². The van der Waals surface area contributed by atoms with Gasteiger partial charge in [-0.15, -0.1) is 11.8 Å². The Kier molecular flexibility index (Phi) is 17.5. The Morgan fingerprint density at radius 2 is 1.49 bits per heavy atom. The minimum absolute atomic E-state index is 0.136. The predicted octanol–water partition coefficient (Wildman–Crippen LogP) is 4.50. The number of carbonyl (C=O) groups excluding carboxylic acids is 4. The molecule has 1 aliphatic rings. The van der Waals surface area contributed by atoms with Crippen molar-refractivity contribution >= 4 is 43.2 Å². The lowest BCUT2D eigenvalue weighted by Gasteiger charge is -2.45. The molecule has 0 unspecified atom stereocenters. The number of ether oxygens (including phenoxy) is 4. The molecule has 0 aliphatic carbocycles. The average Bonchev–Trinajstić information content (AvgIpc) is 2.87. The van der Waals surface area contributed by atoms with Gasteiger partial charge in [-0.05, 0) is 26.7 Å². The van der Waals surface area contributed by atoms with E-state index in [1.165, 1.54) is 39.5 Å². The molecule has 1 rings (SSSR count). The van der Waals surface area contributed by atoms with E-state index in [0.717, 1.165) is 25.7 Å². The molecule has 1 N–H and O–H groups in total. The van der Waals surface area contributed by atoms with E-state index in [0.29, 0.717) is 11.7 Å². The summed E-state index contributed by atoms with van der Waals surface area (Å²) in [5.74, 6) is -2.25. The van der Waals surface area contributed by atoms with Crippen LogP contribution in [0, 0.1) is 0 Å². The normalized spacial score (nSPS) is 23.0. The topological polar surface area (TPSA) is 153 Å². The summed E-state index contributed by atoms with van der Waals surface area (Å²) in [7, 11) is -3.64. The third-order valence-corrected chi connectivity index (χ3v) is 9.52. The summed E-state index contributed by atoms with van der Waals surface area (Å²) in [6, 6.07) is -0.969. The Bertz CT molecular complexity index is 934. The highest BCUT2D eigenvalue weighted by molar-refractivity contribution is 8.00. The van der Waals surface area contributed by atoms with Crippen molar-refractivity contribution in [3.63, 3.8) is 0 Å². The van der Waals surface area contributed by atoms with Crippen molar-refractivity contribution in [2.75, 3.05) is 25.6 Å². The maximum Gasteiger partial charge on any atom is 0.357 e. The van der Waals surface area contributed by atoms with Gasteiger partial charge in [-0.25, -0.2) is 0 Å². The zero-order valence-corrected chi connectivity index (χ0v) is 26.9. The fraction of sp³-hybridized carbons (Fsp3) is 0.778. The zero-order valence-electron chi connectivity index (χ0n) is 25.2. The van der Waals surface area contributed by atoms with E-state index in [1.807, 2.05) is 6.08 Å². The van der Waals surface area contributed by atoms with Crippen LogP contribution in [0.3, 0.4) is 0 Å². The third-order valence-electron chi connectivity index (χ3n) is 5.85. The molecule has 0 aromatic carbocycles. The van der Waals surface area contributed by atoms with Gasteiger partial charge in [0.2, 0.25) is 5.91 Å². The van der Waals surface area contributed by atoms with Crippen molar-refractivity contribution in [3.05, 3.63) is 11.4 Å². The monoisotopic (exact) mass is 623 g/mol. The van der Waals surface area contributed by atoms with Gasteiger partial charge in [-0.3, -0.25) is 23.7 Å². The highest BCUT2D eigenvalue weighted by atomic mass is 32.2. The molecule has 0 spiro atoms. The number of carbonyl (C=O) groups is 4. The Balaban J connectivity index is 3.45. The van der Waals surface area contributed by atoms with Crippen LogP contribution in [-0.4, -0.2) is 79.2 Å². The molecule has 236 valence electrons. The minimum atomic E-state index is -3.64. The van der Waals surface area contributed by atoms with E-state index in [4.69, 9.17) is 28.0 Å². The SMILES string of the molecule is CCCCCC/C=C(/CS[C@@H]1O[C@H](COC(C)=O)[C@@H](OC(C)=O)[C@H](OC(C)=O)[C@H]1NC(C)=O)P(=O)(OCC)OCC. The Hall–Kier alpha value is -1.92. The van der Waals surface area contributed by atoms with Crippen LogP contribution in [0.5, 0.6) is 0 Å². The Morgan fingerprint density at radius 1 is 0.878 bits per heavy atom. The first kappa shape index (κ1) is 37.1. The van der Waals surface area contributed by atoms with Gasteiger partial charge in [-0.1, -0.05) is 32.3 Å². The first-order chi connectivity index (χ1) is 19.4. The standard InChI is InChI=1S/C27H46NO11PS/c1-8-11-12-13-14-15-22(40(33,35-9-2)36-10-3)17-41-27-24(28-18(4)29)26(38-21(7)32)25(37-20(6)31)23(39-27)16-34-19(5)30/h15,23-27H,8-14,16-17H2,1-7H3,(H,28,29)/b22-15-/t23-,24-,25-,26-,27+/m1/s1. The first-order valence-electron chi connectivity index (χ1n) is 14.0. The molecule has 1 fully saturated rings. The van der Waals surface area contributed by atoms with Gasteiger partial charge in [0, 0.05) is 38.8 Å². The maximum atomic E-state index is 13.8. The fourth-order valence-corrected chi connectivity index (χ4v) is 7.63. The second-order valence-electron chi connectivity index (χ2n) is 9.41. The molecular weight excluding hydrogens is 577 g/mol. The van der Waals surface area contributed by atoms with Crippen molar-refractivity contribution in [2.24, 2.45) is 0 Å². The van der Waals surface area contributed by atoms with Crippen molar-refractivity contribution in [1.82, 2.24) is 5.32 Å². The molecular formula is C27H46NO11PS. The summed E-state index contributed by atoms with van der Waals surface area (Å²) in [6.07, 6.45) is 3.25. The molecule has 1 saturated heterocycles. The summed E-state index contributed by atoms with van der Waals surface area (Å²) in [5.41, 5.74) is -0.893. The van der Waals surface area contributed by atoms with E-state index >= 15 is 0 Å². The molecule has 0 aromatic rings. The van der Waals surface area contributed by atoms with Crippen molar-refractivity contribution in [2.45, 2.75) is 110 Å². The van der Waals surface area contributed by atoms with E-state index < -0.39 is 61.2 Å². The average molecular weight is 624 g/mol. The molecule has 0 bridgehead atoms. The Labute approximate surface area is 247 Å². The van der Waals surface area contributed by atoms with Crippen molar-refractivity contribution < 1.29 is 51.7 Å². The number of hydrogen-bond acceptors (Lipinski definition) is 12. The molecule has 1 amide bonds. The molecule has 12 nitrogen and oxygen atoms in total. The molecule has 1 aliphatic heterocycles. The van der Waals surface area contributed by atoms with E-state index in [2.05, 4.69) is 12.2 Å². The molecule has 41 heavy (non-hydrogen) atoms. The number of hydrogen-bond donors (Lipinski definition) is 1. The lowest BCUT2D eigenvalue weighted by atomic mass is 9.97. The first-order valence-corrected chi connectivity index (χ1v) is 16.6. The van der Waals surface area contributed by atoms with Crippen LogP contribution in [0.4, 0.5) is 0 Å². The van der Waals surface area contributed by atoms with Crippen LogP contribution in [0.2, 0.25) is 0 Å². The van der Waals surface area contributed by atoms with Crippen LogP contribution < -0.4 is 5.32 Å². The van der Waals surface area contributed by atoms with Gasteiger partial charge in [0.25, 0.3) is 0 Å². The van der Waals surface area contributed by atoms with E-state index in [-0.39, 0.29) is 25.6 Å². The summed E-state index contributed by atoms with van der Waals surface area (Å²) in [5, 5.41) is 3.20. The van der Waals surface area contributed by atoms with E-state index in [9.17, 15) is 23.7 Å². The van der Waals surface area contributed by atoms with Crippen LogP contribution >= 0.6 is 19.4 Å². The lowest BCUT2D eigenvalue weighted by Crippen LogP contribution is -2.65. The number of amides is 1. The lowest BCUT2D eigenvalue weighted by molar-refractivity contribution is -0.211. The smallest absolute Gasteiger partial charge is 0.357 e. The number of nitrogens with one attached hydrogen (secondary N) is 1. The molecule has 0 aromatic heterocycles. The maximum absolute atomic E-state index is 13.8. The fourth-order valence-electron chi connectivity index (χ4n) is 4.23. The number of esters is 3. The zero-order chi connectivity index (χ0) is 31.0. The Morgan fingerprint density at radius 3 is 2.00 bits per heavy atom. The summed E-state index contributed by atoms with van der Waals surface area (Å²) in [4.78, 5) is 47.9. The van der Waals surface area contributed by atoms with Gasteiger partial charge in [0.1, 0.15) is 24.2 Å². The third kappa shape index (κ3) is 13.3. The highest BCUT2D eigenvalue weighted by Gasteiger charge is 2.51. The van der Waals surface area contributed by atoms with Crippen LogP contribution in [0.15, 0.2) is 11.4 Å². The molecule has 5 atom stereocenters. The van der Waals surface area contributed by atoms with Crippen LogP contribution in [0.25, 0.3) is 0 Å². The number of rotatable bonds is 18. The van der Waals surface area contributed by atoms with Crippen molar-refractivity contribution in [1.29, 1.82) is 0 Å². The highest BCUT2D eigenvalue weighted by Crippen LogP contribution is 2.57. The van der Waals surface area contributed by atoms with Gasteiger partial charge in [-0.2, -0.15) is 0 Å². The molecule has 0 saturated carbocycles. The second kappa shape index (κ2) is 19.3. The largest absolute Gasteiger partial charge is 0.463 e. The molecule has 14 heteroatoms. The molecule has 1 heterocycles. The molecule has 0 radical (unpaired) electrons. The van der Waals surface area contributed by atoms with Crippen LogP contribution in [0.1, 0.15) is 80.6 Å². The van der Waals surface area contributed by atoms with E-state index in [1.54, 1.807) is 13.8 Å². The number of allylic oxidation sites excluding steroid dienone is 1. The van der Waals surface area contributed by atoms with Crippen LogP contribution in [-0.2, 0) is 51.7 Å². The quantitative estimate of drug-likeness (QED) is 0.0990. The van der Waals surface area contributed by atoms with Crippen molar-refractivity contribution in [3.8, 4) is 0 Å². The summed E-state index contributed by atoms with van der Waals surface area (Å²) in [6.45, 7) is 10.5. The van der Waals surface area contributed by atoms with Gasteiger partial charge in [0.05, 0.1) is 13.2 Å². The van der Waals surface area contributed by atoms with Gasteiger partial charge >= 0.3 is 25.5 Å². The second-order valence-corrected chi connectivity index (χ2v) is 12.6. The summed E-state index contributed by atoms with van der Waals surface area (Å²) >= 11 is 1.18. The number of thioether (sulfide) groups is 1. The van der Waals surface area contributed by atoms with Gasteiger partial charge in [0.15, 0.2) is 12.2 Å². The predicted molar refractivity (Wildman–Crippen MR) is 154 cm³/mol. The summed E-state index contributed by atoms with van der Waals surface area (Å²) < 4.78 is 47.4. The minimum Gasteiger partial charge on any atom is -0.463 e.